The molecule has 3 rings (SSSR count). The summed E-state index contributed by atoms with van der Waals surface area (Å²) in [4.78, 5) is 24.3. The minimum Gasteiger partial charge on any atom is -0.323 e. The molecule has 1 aliphatic carbocycles. The van der Waals surface area contributed by atoms with E-state index in [1.54, 1.807) is 25.6 Å². The zero-order valence-electron chi connectivity index (χ0n) is 13.8. The average Bonchev–Trinajstić information content (AvgIpc) is 3.31. The number of benzene rings is 1. The molecule has 126 valence electrons. The van der Waals surface area contributed by atoms with Crippen molar-refractivity contribution in [1.29, 1.82) is 0 Å². The van der Waals surface area contributed by atoms with Crippen molar-refractivity contribution in [2.75, 3.05) is 10.6 Å². The minimum atomic E-state index is -0.532. The van der Waals surface area contributed by atoms with Gasteiger partial charge in [0.2, 0.25) is 5.91 Å². The maximum absolute atomic E-state index is 13.9. The van der Waals surface area contributed by atoms with Crippen molar-refractivity contribution in [3.05, 3.63) is 41.0 Å². The molecule has 1 heterocycles. The van der Waals surface area contributed by atoms with Gasteiger partial charge in [0.05, 0.1) is 16.9 Å². The van der Waals surface area contributed by atoms with Gasteiger partial charge in [-0.1, -0.05) is 0 Å². The SMILES string of the molecule is Cc1nn(C)c(C)c1C(=O)Nc1ccc(F)c(NC(=O)C2CC2)c1. The molecule has 7 heteroatoms. The molecule has 0 aliphatic heterocycles. The van der Waals surface area contributed by atoms with Crippen LogP contribution in [-0.2, 0) is 11.8 Å². The maximum Gasteiger partial charge on any atom is 0.259 e. The summed E-state index contributed by atoms with van der Waals surface area (Å²) in [5, 5.41) is 9.51. The van der Waals surface area contributed by atoms with Crippen LogP contribution in [0, 0.1) is 25.6 Å². The van der Waals surface area contributed by atoms with Gasteiger partial charge in [0, 0.05) is 24.3 Å². The molecule has 1 aromatic carbocycles. The molecule has 1 saturated carbocycles. The summed E-state index contributed by atoms with van der Waals surface area (Å²) in [6, 6.07) is 4.11. The number of rotatable bonds is 4. The fraction of sp³-hybridized carbons (Fsp3) is 0.353. The predicted octanol–water partition coefficient (Wildman–Crippen LogP) is 2.78. The largest absolute Gasteiger partial charge is 0.323 e. The molecule has 0 spiro atoms. The van der Waals surface area contributed by atoms with E-state index in [2.05, 4.69) is 15.7 Å². The lowest BCUT2D eigenvalue weighted by Crippen LogP contribution is -2.16. The normalized spacial score (nSPS) is 13.7. The fourth-order valence-electron chi connectivity index (χ4n) is 2.57. The Bertz CT molecular complexity index is 824. The molecule has 0 unspecified atom stereocenters. The first-order chi connectivity index (χ1) is 11.4. The first kappa shape index (κ1) is 16.2. The second-order valence-electron chi connectivity index (χ2n) is 6.08. The number of nitrogens with zero attached hydrogens (tertiary/aromatic N) is 2. The summed E-state index contributed by atoms with van der Waals surface area (Å²) in [6.45, 7) is 3.56. The number of halogens is 1. The van der Waals surface area contributed by atoms with Gasteiger partial charge in [0.15, 0.2) is 0 Å². The molecule has 0 saturated heterocycles. The van der Waals surface area contributed by atoms with Gasteiger partial charge >= 0.3 is 0 Å². The number of aromatic nitrogens is 2. The molecule has 2 amide bonds. The number of carbonyl (C=O) groups is 2. The van der Waals surface area contributed by atoms with Gasteiger partial charge in [0.25, 0.3) is 5.91 Å². The lowest BCUT2D eigenvalue weighted by molar-refractivity contribution is -0.117. The van der Waals surface area contributed by atoms with Gasteiger partial charge in [-0.2, -0.15) is 5.10 Å². The van der Waals surface area contributed by atoms with E-state index >= 15 is 0 Å². The zero-order valence-corrected chi connectivity index (χ0v) is 13.8. The molecule has 1 aliphatic rings. The standard InChI is InChI=1S/C17H19FN4O2/c1-9-15(10(2)22(3)21-9)17(24)19-12-6-7-13(18)14(8-12)20-16(23)11-4-5-11/h6-8,11H,4-5H2,1-3H3,(H,19,24)(H,20,23). The molecule has 2 aromatic rings. The summed E-state index contributed by atoms with van der Waals surface area (Å²) < 4.78 is 15.5. The Kier molecular flexibility index (Phi) is 4.09. The molecule has 6 nitrogen and oxygen atoms in total. The molecule has 0 bridgehead atoms. The van der Waals surface area contributed by atoms with Crippen LogP contribution >= 0.6 is 0 Å². The second-order valence-corrected chi connectivity index (χ2v) is 6.08. The quantitative estimate of drug-likeness (QED) is 0.905. The highest BCUT2D eigenvalue weighted by Crippen LogP contribution is 2.31. The molecule has 1 fully saturated rings. The van der Waals surface area contributed by atoms with Crippen LogP contribution in [0.3, 0.4) is 0 Å². The number of carbonyl (C=O) groups excluding carboxylic acids is 2. The third-order valence-electron chi connectivity index (χ3n) is 4.17. The van der Waals surface area contributed by atoms with Gasteiger partial charge in [-0.15, -0.1) is 0 Å². The average molecular weight is 330 g/mol. The van der Waals surface area contributed by atoms with Crippen molar-refractivity contribution < 1.29 is 14.0 Å². The van der Waals surface area contributed by atoms with Crippen LogP contribution in [0.2, 0.25) is 0 Å². The van der Waals surface area contributed by atoms with E-state index < -0.39 is 5.82 Å². The fourth-order valence-corrected chi connectivity index (χ4v) is 2.57. The van der Waals surface area contributed by atoms with E-state index in [4.69, 9.17) is 0 Å². The van der Waals surface area contributed by atoms with Crippen molar-refractivity contribution in [3.63, 3.8) is 0 Å². The summed E-state index contributed by atoms with van der Waals surface area (Å²) in [6.07, 6.45) is 1.67. The van der Waals surface area contributed by atoms with E-state index in [-0.39, 0.29) is 23.4 Å². The van der Waals surface area contributed by atoms with Crippen molar-refractivity contribution in [2.45, 2.75) is 26.7 Å². The number of aryl methyl sites for hydroxylation is 2. The first-order valence-electron chi connectivity index (χ1n) is 7.78. The Balaban J connectivity index is 1.79. The molecule has 24 heavy (non-hydrogen) atoms. The van der Waals surface area contributed by atoms with Crippen molar-refractivity contribution in [1.82, 2.24) is 9.78 Å². The van der Waals surface area contributed by atoms with Crippen LogP contribution in [0.5, 0.6) is 0 Å². The molecule has 1 aromatic heterocycles. The highest BCUT2D eigenvalue weighted by atomic mass is 19.1. The maximum atomic E-state index is 13.9. The summed E-state index contributed by atoms with van der Waals surface area (Å²) in [5.74, 6) is -1.06. The van der Waals surface area contributed by atoms with Gasteiger partial charge < -0.3 is 10.6 Å². The predicted molar refractivity (Wildman–Crippen MR) is 88.4 cm³/mol. The Hall–Kier alpha value is -2.70. The first-order valence-corrected chi connectivity index (χ1v) is 7.78. The molecule has 0 radical (unpaired) electrons. The van der Waals surface area contributed by atoms with Crippen molar-refractivity contribution in [2.24, 2.45) is 13.0 Å². The number of hydrogen-bond acceptors (Lipinski definition) is 3. The van der Waals surface area contributed by atoms with E-state index in [1.807, 2.05) is 0 Å². The van der Waals surface area contributed by atoms with E-state index in [0.717, 1.165) is 18.5 Å². The lowest BCUT2D eigenvalue weighted by atomic mass is 10.1. The Morgan fingerprint density at radius 2 is 1.96 bits per heavy atom. The third-order valence-corrected chi connectivity index (χ3v) is 4.17. The smallest absolute Gasteiger partial charge is 0.259 e. The lowest BCUT2D eigenvalue weighted by Gasteiger charge is -2.10. The molecular formula is C17H19FN4O2. The van der Waals surface area contributed by atoms with Crippen LogP contribution in [0.4, 0.5) is 15.8 Å². The van der Waals surface area contributed by atoms with Crippen molar-refractivity contribution in [3.8, 4) is 0 Å². The number of amides is 2. The van der Waals surface area contributed by atoms with Crippen LogP contribution in [0.15, 0.2) is 18.2 Å². The third kappa shape index (κ3) is 3.15. The van der Waals surface area contributed by atoms with Crippen LogP contribution in [0.25, 0.3) is 0 Å². The molecular weight excluding hydrogens is 311 g/mol. The van der Waals surface area contributed by atoms with Crippen LogP contribution < -0.4 is 10.6 Å². The van der Waals surface area contributed by atoms with E-state index in [9.17, 15) is 14.0 Å². The summed E-state index contributed by atoms with van der Waals surface area (Å²) >= 11 is 0. The minimum absolute atomic E-state index is 0.0247. The number of nitrogens with one attached hydrogen (secondary N) is 2. The number of anilines is 2. The summed E-state index contributed by atoms with van der Waals surface area (Å²) in [5.41, 5.74) is 2.34. The van der Waals surface area contributed by atoms with Gasteiger partial charge in [-0.25, -0.2) is 4.39 Å². The van der Waals surface area contributed by atoms with Crippen LogP contribution in [-0.4, -0.2) is 21.6 Å². The molecule has 2 N–H and O–H groups in total. The highest BCUT2D eigenvalue weighted by Gasteiger charge is 2.30. The Labute approximate surface area is 139 Å². The van der Waals surface area contributed by atoms with Crippen molar-refractivity contribution >= 4 is 23.2 Å². The zero-order chi connectivity index (χ0) is 17.4. The van der Waals surface area contributed by atoms with E-state index in [1.165, 1.54) is 18.2 Å². The highest BCUT2D eigenvalue weighted by molar-refractivity contribution is 6.06. The summed E-state index contributed by atoms with van der Waals surface area (Å²) in [7, 11) is 1.77. The van der Waals surface area contributed by atoms with Gasteiger partial charge in [0.1, 0.15) is 5.82 Å². The van der Waals surface area contributed by atoms with E-state index in [0.29, 0.717) is 16.9 Å². The topological polar surface area (TPSA) is 76.0 Å². The Morgan fingerprint density at radius 1 is 1.25 bits per heavy atom. The van der Waals surface area contributed by atoms with Crippen LogP contribution in [0.1, 0.15) is 34.6 Å². The molecule has 0 atom stereocenters. The van der Waals surface area contributed by atoms with Gasteiger partial charge in [-0.05, 0) is 44.9 Å². The van der Waals surface area contributed by atoms with Gasteiger partial charge in [-0.3, -0.25) is 14.3 Å². The Morgan fingerprint density at radius 3 is 2.54 bits per heavy atom. The number of hydrogen-bond donors (Lipinski definition) is 2. The monoisotopic (exact) mass is 330 g/mol. The second kappa shape index (κ2) is 6.07.